The molecule has 0 amide bonds. The van der Waals surface area contributed by atoms with Gasteiger partial charge in [0.25, 0.3) is 0 Å². The summed E-state index contributed by atoms with van der Waals surface area (Å²) in [6.07, 6.45) is 4.51. The van der Waals surface area contributed by atoms with Gasteiger partial charge in [-0.25, -0.2) is 4.98 Å². The first-order chi connectivity index (χ1) is 3.30. The lowest BCUT2D eigenvalue weighted by Crippen LogP contribution is -1.85. The third-order valence-electron chi connectivity index (χ3n) is 0.988. The summed E-state index contributed by atoms with van der Waals surface area (Å²) in [5.41, 5.74) is 1.14. The van der Waals surface area contributed by atoms with Gasteiger partial charge in [0.05, 0.1) is 0 Å². The minimum atomic E-state index is 1.14. The summed E-state index contributed by atoms with van der Waals surface area (Å²) < 4.78 is 1.85. The van der Waals surface area contributed by atoms with Gasteiger partial charge in [0.1, 0.15) is 0 Å². The van der Waals surface area contributed by atoms with Crippen molar-refractivity contribution in [3.8, 4) is 0 Å². The lowest BCUT2D eigenvalue weighted by atomic mass is 10.5. The van der Waals surface area contributed by atoms with E-state index in [1.807, 2.05) is 18.5 Å². The number of aromatic nitrogens is 2. The maximum atomic E-state index is 3.76. The summed E-state index contributed by atoms with van der Waals surface area (Å²) in [5.74, 6) is 0. The van der Waals surface area contributed by atoms with Crippen molar-refractivity contribution in [1.82, 2.24) is 9.55 Å². The van der Waals surface area contributed by atoms with Crippen molar-refractivity contribution in [2.24, 2.45) is 7.05 Å². The molecule has 0 bridgehead atoms. The smallest absolute Gasteiger partial charge is 0.176 e. The normalized spacial score (nSPS) is 9.43. The Morgan fingerprint density at radius 1 is 1.86 bits per heavy atom. The second kappa shape index (κ2) is 1.37. The standard InChI is InChI=1S/C5H7N2/c1-5-3-6-4-7(5)2/h3H,1-2H3. The molecular formula is C5H7N2. The molecule has 1 radical (unpaired) electrons. The molecule has 0 aliphatic carbocycles. The maximum Gasteiger partial charge on any atom is 0.176 e. The van der Waals surface area contributed by atoms with Crippen LogP contribution in [0.15, 0.2) is 6.20 Å². The fourth-order valence-corrected chi connectivity index (χ4v) is 0.374. The minimum absolute atomic E-state index is 1.14. The number of nitrogens with zero attached hydrogens (tertiary/aromatic N) is 2. The van der Waals surface area contributed by atoms with Crippen LogP contribution in [-0.4, -0.2) is 9.55 Å². The van der Waals surface area contributed by atoms with Crippen LogP contribution in [0.2, 0.25) is 0 Å². The van der Waals surface area contributed by atoms with Gasteiger partial charge < -0.3 is 4.57 Å². The van der Waals surface area contributed by atoms with E-state index in [2.05, 4.69) is 11.3 Å². The molecule has 0 N–H and O–H groups in total. The summed E-state index contributed by atoms with van der Waals surface area (Å²) in [5, 5.41) is 0. The van der Waals surface area contributed by atoms with Crippen molar-refractivity contribution < 1.29 is 0 Å². The van der Waals surface area contributed by atoms with E-state index < -0.39 is 0 Å². The topological polar surface area (TPSA) is 17.8 Å². The van der Waals surface area contributed by atoms with Crippen LogP contribution in [0.1, 0.15) is 5.69 Å². The van der Waals surface area contributed by atoms with Gasteiger partial charge in [-0.3, -0.25) is 0 Å². The van der Waals surface area contributed by atoms with Gasteiger partial charge in [-0.15, -0.1) is 0 Å². The van der Waals surface area contributed by atoms with E-state index in [4.69, 9.17) is 0 Å². The third-order valence-corrected chi connectivity index (χ3v) is 0.988. The molecule has 7 heavy (non-hydrogen) atoms. The van der Waals surface area contributed by atoms with Gasteiger partial charge >= 0.3 is 0 Å². The highest BCUT2D eigenvalue weighted by Gasteiger charge is 1.84. The van der Waals surface area contributed by atoms with Crippen LogP contribution in [0.3, 0.4) is 0 Å². The summed E-state index contributed by atoms with van der Waals surface area (Å²) in [4.78, 5) is 3.76. The fraction of sp³-hybridized carbons (Fsp3) is 0.400. The SMILES string of the molecule is Cc1cn[c]n1C. The molecule has 0 fully saturated rings. The number of hydrogen-bond donors (Lipinski definition) is 0. The lowest BCUT2D eigenvalue weighted by Gasteiger charge is -1.86. The first-order valence-electron chi connectivity index (χ1n) is 2.16. The van der Waals surface area contributed by atoms with Gasteiger partial charge in [0, 0.05) is 18.9 Å². The van der Waals surface area contributed by atoms with E-state index in [1.54, 1.807) is 6.20 Å². The Kier molecular flexibility index (Phi) is 0.855. The Bertz CT molecular complexity index is 138. The average molecular weight is 95.1 g/mol. The van der Waals surface area contributed by atoms with E-state index in [1.165, 1.54) is 0 Å². The highest BCUT2D eigenvalue weighted by Crippen LogP contribution is 1.88. The molecule has 1 aromatic heterocycles. The second-order valence-electron chi connectivity index (χ2n) is 1.56. The van der Waals surface area contributed by atoms with Crippen LogP contribution in [0.25, 0.3) is 0 Å². The Morgan fingerprint density at radius 2 is 2.57 bits per heavy atom. The Labute approximate surface area is 42.8 Å². The zero-order valence-electron chi connectivity index (χ0n) is 4.47. The van der Waals surface area contributed by atoms with Crippen LogP contribution in [0, 0.1) is 13.3 Å². The number of hydrogen-bond acceptors (Lipinski definition) is 1. The van der Waals surface area contributed by atoms with Crippen LogP contribution in [0.5, 0.6) is 0 Å². The average Bonchev–Trinajstić information content (AvgIpc) is 1.91. The van der Waals surface area contributed by atoms with Crippen molar-refractivity contribution in [3.05, 3.63) is 18.2 Å². The fourth-order valence-electron chi connectivity index (χ4n) is 0.374. The van der Waals surface area contributed by atoms with Crippen molar-refractivity contribution in [3.63, 3.8) is 0 Å². The van der Waals surface area contributed by atoms with Gasteiger partial charge in [-0.05, 0) is 6.92 Å². The number of imidazole rings is 1. The second-order valence-corrected chi connectivity index (χ2v) is 1.56. The molecule has 0 unspecified atom stereocenters. The number of aryl methyl sites for hydroxylation is 2. The monoisotopic (exact) mass is 95.1 g/mol. The Hall–Kier alpha value is -0.790. The summed E-state index contributed by atoms with van der Waals surface area (Å²) in [6.45, 7) is 1.99. The van der Waals surface area contributed by atoms with Gasteiger partial charge in [0.2, 0.25) is 0 Å². The summed E-state index contributed by atoms with van der Waals surface area (Å²) in [6, 6.07) is 0. The van der Waals surface area contributed by atoms with Crippen LogP contribution < -0.4 is 0 Å². The molecule has 37 valence electrons. The van der Waals surface area contributed by atoms with E-state index in [9.17, 15) is 0 Å². The first-order valence-corrected chi connectivity index (χ1v) is 2.16. The molecule has 0 spiro atoms. The number of rotatable bonds is 0. The molecule has 2 heteroatoms. The zero-order chi connectivity index (χ0) is 5.28. The molecular weight excluding hydrogens is 88.1 g/mol. The zero-order valence-corrected chi connectivity index (χ0v) is 4.47. The van der Waals surface area contributed by atoms with Crippen LogP contribution >= 0.6 is 0 Å². The molecule has 1 rings (SSSR count). The summed E-state index contributed by atoms with van der Waals surface area (Å²) >= 11 is 0. The Balaban J connectivity index is 3.12. The molecule has 0 aromatic carbocycles. The van der Waals surface area contributed by atoms with Crippen LogP contribution in [-0.2, 0) is 7.05 Å². The Morgan fingerprint density at radius 3 is 2.71 bits per heavy atom. The minimum Gasteiger partial charge on any atom is -0.329 e. The first kappa shape index (κ1) is 4.37. The molecule has 0 saturated heterocycles. The molecule has 0 aliphatic heterocycles. The highest BCUT2D eigenvalue weighted by atomic mass is 15.0. The van der Waals surface area contributed by atoms with Crippen molar-refractivity contribution in [2.45, 2.75) is 6.92 Å². The largest absolute Gasteiger partial charge is 0.329 e. The molecule has 1 heterocycles. The molecule has 2 nitrogen and oxygen atoms in total. The maximum absolute atomic E-state index is 3.76. The van der Waals surface area contributed by atoms with E-state index in [0.29, 0.717) is 0 Å². The third kappa shape index (κ3) is 0.633. The van der Waals surface area contributed by atoms with E-state index in [-0.39, 0.29) is 0 Å². The van der Waals surface area contributed by atoms with Gasteiger partial charge in [-0.1, -0.05) is 0 Å². The molecule has 1 aromatic rings. The lowest BCUT2D eigenvalue weighted by molar-refractivity contribution is 0.864. The van der Waals surface area contributed by atoms with E-state index in [0.717, 1.165) is 5.69 Å². The van der Waals surface area contributed by atoms with Crippen molar-refractivity contribution in [1.29, 1.82) is 0 Å². The van der Waals surface area contributed by atoms with Crippen molar-refractivity contribution >= 4 is 0 Å². The highest BCUT2D eigenvalue weighted by molar-refractivity contribution is 4.91. The molecule has 0 atom stereocenters. The predicted octanol–water partition coefficient (Wildman–Crippen LogP) is 0.529. The summed E-state index contributed by atoms with van der Waals surface area (Å²) in [7, 11) is 1.92. The van der Waals surface area contributed by atoms with Crippen LogP contribution in [0.4, 0.5) is 0 Å². The molecule has 0 aliphatic rings. The predicted molar refractivity (Wildman–Crippen MR) is 26.8 cm³/mol. The van der Waals surface area contributed by atoms with E-state index >= 15 is 0 Å². The van der Waals surface area contributed by atoms with Crippen molar-refractivity contribution in [2.75, 3.05) is 0 Å². The quantitative estimate of drug-likeness (QED) is 0.459. The van der Waals surface area contributed by atoms with Gasteiger partial charge in [0.15, 0.2) is 6.33 Å². The van der Waals surface area contributed by atoms with Gasteiger partial charge in [-0.2, -0.15) is 0 Å². The molecule has 0 saturated carbocycles.